The molecular formula is C22H28N4. The topological polar surface area (TPSA) is 34.6 Å². The largest absolute Gasteiger partial charge is 0.241 e. The molecule has 0 spiro atoms. The molecule has 0 aliphatic carbocycles. The first kappa shape index (κ1) is 18.2. The van der Waals surface area contributed by atoms with Crippen molar-refractivity contribution in [2.24, 2.45) is 0 Å². The molecule has 4 heteroatoms. The summed E-state index contributed by atoms with van der Waals surface area (Å²) in [5.74, 6) is 0. The maximum absolute atomic E-state index is 4.50. The smallest absolute Gasteiger partial charge is 0.0698 e. The Morgan fingerprint density at radius 3 is 2.04 bits per heavy atom. The number of aromatic nitrogens is 4. The molecule has 0 N–H and O–H groups in total. The molecule has 26 heavy (non-hydrogen) atoms. The Bertz CT molecular complexity index is 968. The zero-order chi connectivity index (χ0) is 18.9. The molecular weight excluding hydrogens is 320 g/mol. The highest BCUT2D eigenvalue weighted by atomic mass is 15.2. The fourth-order valence-electron chi connectivity index (χ4n) is 2.82. The molecule has 4 aromatic rings. The third-order valence-electron chi connectivity index (χ3n) is 4.37. The van der Waals surface area contributed by atoms with E-state index in [0.717, 1.165) is 11.2 Å². The lowest BCUT2D eigenvalue weighted by atomic mass is 9.88. The second-order valence-corrected chi connectivity index (χ2v) is 8.69. The molecule has 0 aliphatic heterocycles. The third-order valence-corrected chi connectivity index (χ3v) is 4.37. The van der Waals surface area contributed by atoms with Crippen LogP contribution in [-0.4, -0.2) is 19.2 Å². The number of pyridine rings is 2. The van der Waals surface area contributed by atoms with Crippen LogP contribution in [0.25, 0.3) is 11.0 Å². The van der Waals surface area contributed by atoms with E-state index in [2.05, 4.69) is 69.9 Å². The number of fused-ring (bicyclic) bond motifs is 2. The van der Waals surface area contributed by atoms with E-state index in [1.54, 1.807) is 0 Å². The highest BCUT2D eigenvalue weighted by Gasteiger charge is 2.18. The van der Waals surface area contributed by atoms with Gasteiger partial charge in [0.1, 0.15) is 0 Å². The molecule has 4 aromatic heterocycles. The van der Waals surface area contributed by atoms with Crippen molar-refractivity contribution in [3.05, 3.63) is 72.3 Å². The monoisotopic (exact) mass is 348 g/mol. The molecule has 0 saturated heterocycles. The van der Waals surface area contributed by atoms with Gasteiger partial charge in [0.25, 0.3) is 0 Å². The summed E-state index contributed by atoms with van der Waals surface area (Å²) < 4.78 is 3.83. The molecule has 0 radical (unpaired) electrons. The zero-order valence-electron chi connectivity index (χ0n) is 16.6. The van der Waals surface area contributed by atoms with E-state index >= 15 is 0 Å². The van der Waals surface area contributed by atoms with Crippen LogP contribution < -0.4 is 0 Å². The molecule has 0 atom stereocenters. The van der Waals surface area contributed by atoms with Gasteiger partial charge in [0.05, 0.1) is 22.9 Å². The van der Waals surface area contributed by atoms with Gasteiger partial charge in [-0.2, -0.15) is 10.2 Å². The van der Waals surface area contributed by atoms with E-state index < -0.39 is 0 Å². The Labute approximate surface area is 155 Å². The zero-order valence-corrected chi connectivity index (χ0v) is 16.6. The van der Waals surface area contributed by atoms with Crippen LogP contribution in [0.15, 0.2) is 61.1 Å². The van der Waals surface area contributed by atoms with E-state index in [1.807, 2.05) is 51.9 Å². The lowest BCUT2D eigenvalue weighted by molar-refractivity contribution is 0.562. The van der Waals surface area contributed by atoms with Gasteiger partial charge in [-0.05, 0) is 35.7 Å². The first-order valence-corrected chi connectivity index (χ1v) is 9.04. The number of rotatable bonds is 0. The maximum atomic E-state index is 4.50. The Kier molecular flexibility index (Phi) is 4.61. The summed E-state index contributed by atoms with van der Waals surface area (Å²) in [4.78, 5) is 0. The molecule has 0 unspecified atom stereocenters. The van der Waals surface area contributed by atoms with Gasteiger partial charge >= 0.3 is 0 Å². The maximum Gasteiger partial charge on any atom is 0.0698 e. The summed E-state index contributed by atoms with van der Waals surface area (Å²) in [5, 5.41) is 8.80. The predicted octanol–water partition coefficient (Wildman–Crippen LogP) is 5.26. The molecule has 0 fully saturated rings. The number of hydrogen-bond acceptors (Lipinski definition) is 2. The van der Waals surface area contributed by atoms with Gasteiger partial charge in [-0.1, -0.05) is 53.7 Å². The molecule has 0 aliphatic rings. The van der Waals surface area contributed by atoms with Crippen LogP contribution in [0.5, 0.6) is 0 Å². The molecule has 0 saturated carbocycles. The van der Waals surface area contributed by atoms with Crippen LogP contribution in [0.3, 0.4) is 0 Å². The Balaban J connectivity index is 0.000000151. The van der Waals surface area contributed by atoms with Gasteiger partial charge in [0.15, 0.2) is 0 Å². The van der Waals surface area contributed by atoms with E-state index in [-0.39, 0.29) is 10.8 Å². The van der Waals surface area contributed by atoms with Crippen LogP contribution >= 0.6 is 0 Å². The minimum atomic E-state index is 0.131. The fraction of sp³-hybridized carbons (Fsp3) is 0.364. The molecule has 4 heterocycles. The Morgan fingerprint density at radius 1 is 0.769 bits per heavy atom. The van der Waals surface area contributed by atoms with Crippen LogP contribution in [0.1, 0.15) is 52.8 Å². The van der Waals surface area contributed by atoms with Crippen LogP contribution in [0.2, 0.25) is 0 Å². The number of nitrogens with zero attached hydrogens (tertiary/aromatic N) is 4. The minimum absolute atomic E-state index is 0.131. The second-order valence-electron chi connectivity index (χ2n) is 8.69. The lowest BCUT2D eigenvalue weighted by Gasteiger charge is -2.16. The first-order chi connectivity index (χ1) is 12.2. The molecule has 0 amide bonds. The summed E-state index contributed by atoms with van der Waals surface area (Å²) in [6.07, 6.45) is 5.91. The average Bonchev–Trinajstić information content (AvgIpc) is 3.19. The number of hydrogen-bond donors (Lipinski definition) is 0. The highest BCUT2D eigenvalue weighted by Crippen LogP contribution is 2.25. The molecule has 4 nitrogen and oxygen atoms in total. The summed E-state index contributed by atoms with van der Waals surface area (Å²) >= 11 is 0. The lowest BCUT2D eigenvalue weighted by Crippen LogP contribution is -2.11. The summed E-state index contributed by atoms with van der Waals surface area (Å²) in [5.41, 5.74) is 5.10. The van der Waals surface area contributed by atoms with Crippen LogP contribution in [0, 0.1) is 0 Å². The molecule has 4 rings (SSSR count). The van der Waals surface area contributed by atoms with Crippen molar-refractivity contribution in [2.45, 2.75) is 52.4 Å². The Morgan fingerprint density at radius 2 is 1.42 bits per heavy atom. The first-order valence-electron chi connectivity index (χ1n) is 9.04. The van der Waals surface area contributed by atoms with Gasteiger partial charge in [-0.25, -0.2) is 9.03 Å². The molecule has 136 valence electrons. The summed E-state index contributed by atoms with van der Waals surface area (Å²) in [6, 6.07) is 14.4. The van der Waals surface area contributed by atoms with Gasteiger partial charge in [0, 0.05) is 23.4 Å². The fourth-order valence-corrected chi connectivity index (χ4v) is 2.82. The second kappa shape index (κ2) is 6.60. The summed E-state index contributed by atoms with van der Waals surface area (Å²) in [7, 11) is 0. The summed E-state index contributed by atoms with van der Waals surface area (Å²) in [6.45, 7) is 13.1. The van der Waals surface area contributed by atoms with Crippen molar-refractivity contribution in [3.8, 4) is 0 Å². The van der Waals surface area contributed by atoms with E-state index in [1.165, 1.54) is 11.1 Å². The van der Waals surface area contributed by atoms with Gasteiger partial charge in [-0.3, -0.25) is 0 Å². The standard InChI is InChI=1S/2C11H14N2/c1-11(2,3)9-8-12-13-7-5-4-6-10(9)13;1-11(2,3)10-8-9-6-4-5-7-13(9)12-10/h2*4-8H,1-3H3. The van der Waals surface area contributed by atoms with Crippen molar-refractivity contribution >= 4 is 11.0 Å². The molecule has 0 aromatic carbocycles. The third kappa shape index (κ3) is 3.79. The Hall–Kier alpha value is -2.62. The van der Waals surface area contributed by atoms with Crippen molar-refractivity contribution in [3.63, 3.8) is 0 Å². The van der Waals surface area contributed by atoms with Crippen molar-refractivity contribution in [2.75, 3.05) is 0 Å². The van der Waals surface area contributed by atoms with E-state index in [0.29, 0.717) is 0 Å². The quantitative estimate of drug-likeness (QED) is 0.434. The predicted molar refractivity (Wildman–Crippen MR) is 108 cm³/mol. The van der Waals surface area contributed by atoms with Gasteiger partial charge in [-0.15, -0.1) is 0 Å². The molecule has 0 bridgehead atoms. The van der Waals surface area contributed by atoms with E-state index in [9.17, 15) is 0 Å². The normalized spacial score (nSPS) is 12.2. The van der Waals surface area contributed by atoms with Crippen LogP contribution in [0.4, 0.5) is 0 Å². The van der Waals surface area contributed by atoms with Crippen molar-refractivity contribution in [1.82, 2.24) is 19.2 Å². The minimum Gasteiger partial charge on any atom is -0.241 e. The van der Waals surface area contributed by atoms with Gasteiger partial charge in [0.2, 0.25) is 0 Å². The highest BCUT2D eigenvalue weighted by molar-refractivity contribution is 5.56. The average molecular weight is 348 g/mol. The van der Waals surface area contributed by atoms with E-state index in [4.69, 9.17) is 0 Å². The van der Waals surface area contributed by atoms with Gasteiger partial charge < -0.3 is 0 Å². The van der Waals surface area contributed by atoms with Crippen LogP contribution in [-0.2, 0) is 10.8 Å². The van der Waals surface area contributed by atoms with Crippen molar-refractivity contribution < 1.29 is 0 Å². The SMILES string of the molecule is CC(C)(C)c1cc2ccccn2n1.CC(C)(C)c1cnn2ccccc12. The van der Waals surface area contributed by atoms with Crippen molar-refractivity contribution in [1.29, 1.82) is 0 Å².